The molecule has 9 heteroatoms. The Morgan fingerprint density at radius 1 is 0.149 bits per heavy atom. The molecule has 0 atom stereocenters. The van der Waals surface area contributed by atoms with E-state index in [2.05, 4.69) is 13.8 Å². The molecule has 2 aromatic rings. The number of benzene rings is 2. The zero-order valence-electron chi connectivity index (χ0n) is 81.9. The van der Waals surface area contributed by atoms with Gasteiger partial charge >= 0.3 is 23.1 Å². The van der Waals surface area contributed by atoms with E-state index in [1.807, 2.05) is 0 Å². The Morgan fingerprint density at radius 3 is 0.314 bits per heavy atom. The zero-order valence-corrected chi connectivity index (χ0v) is 84.9. The van der Waals surface area contributed by atoms with Crippen LogP contribution in [0.3, 0.4) is 0 Å². The summed E-state index contributed by atoms with van der Waals surface area (Å²) >= 11 is 0. The third-order valence-corrected chi connectivity index (χ3v) is 28.8. The summed E-state index contributed by atoms with van der Waals surface area (Å²) in [7, 11) is -8.67. The Hall–Kier alpha value is -0.974. The number of unbranched alkanes of at least 4 members (excludes halogenated alkanes) is 94. The van der Waals surface area contributed by atoms with Crippen molar-refractivity contribution in [3.63, 3.8) is 0 Å². The normalized spacial score (nSPS) is 11.8. The molecule has 0 bridgehead atoms. The molecule has 708 valence electrons. The summed E-state index contributed by atoms with van der Waals surface area (Å²) in [6.07, 6.45) is 141. The van der Waals surface area contributed by atoms with Crippen LogP contribution < -0.4 is 0 Å². The maximum Gasteiger partial charge on any atom is 2.00 e. The van der Waals surface area contributed by atoms with E-state index in [4.69, 9.17) is 0 Å². The zero-order chi connectivity index (χ0) is 86.3. The molecule has 0 radical (unpaired) electrons. The first kappa shape index (κ1) is 120. The smallest absolute Gasteiger partial charge is 0.744 e. The molecule has 0 spiro atoms. The molecule has 0 fully saturated rings. The first-order chi connectivity index (χ1) is 59.1. The number of aryl methyl sites for hydroxylation is 2. The predicted molar refractivity (Wildman–Crippen MR) is 537 cm³/mol. The van der Waals surface area contributed by atoms with Gasteiger partial charge in [-0.15, -0.1) is 0 Å². The minimum absolute atomic E-state index is 0. The summed E-state index contributed by atoms with van der Waals surface area (Å²) in [6.45, 7) is 4.62. The van der Waals surface area contributed by atoms with Crippen LogP contribution in [-0.2, 0) is 33.1 Å². The van der Waals surface area contributed by atoms with Crippen LogP contribution in [0.1, 0.15) is 641 Å². The molecule has 0 amide bonds. The van der Waals surface area contributed by atoms with Crippen LogP contribution >= 0.6 is 0 Å². The van der Waals surface area contributed by atoms with Crippen LogP contribution in [0.2, 0.25) is 0 Å². The maximum atomic E-state index is 11.0. The fraction of sp³-hybridized carbons (Fsp3) is 0.893. The Balaban J connectivity index is 0.00000236. The minimum atomic E-state index is -4.33. The van der Waals surface area contributed by atoms with Gasteiger partial charge in [0.2, 0.25) is 0 Å². The third-order valence-electron chi connectivity index (χ3n) is 27.1. The molecule has 0 saturated carbocycles. The van der Waals surface area contributed by atoms with Gasteiger partial charge in [-0.05, 0) is 61.1 Å². The van der Waals surface area contributed by atoms with Gasteiger partial charge in [-0.3, -0.25) is 0 Å². The summed E-state index contributed by atoms with van der Waals surface area (Å²) in [6, 6.07) is 12.8. The van der Waals surface area contributed by atoms with Crippen molar-refractivity contribution < 1.29 is 25.9 Å². The van der Waals surface area contributed by atoms with Crippen LogP contribution in [0.5, 0.6) is 0 Å². The van der Waals surface area contributed by atoms with E-state index < -0.39 is 20.2 Å². The number of rotatable bonds is 100. The largest absolute Gasteiger partial charge is 2.00 e. The molecular formula is C112H210MgO6S2. The number of hydrogen-bond donors (Lipinski definition) is 0. The first-order valence-electron chi connectivity index (χ1n) is 55.2. The quantitative estimate of drug-likeness (QED) is 0.0370. The van der Waals surface area contributed by atoms with Crippen molar-refractivity contribution in [2.24, 2.45) is 0 Å². The molecule has 0 N–H and O–H groups in total. The molecule has 0 aliphatic heterocycles. The van der Waals surface area contributed by atoms with E-state index in [-0.39, 0.29) is 32.8 Å². The molecule has 121 heavy (non-hydrogen) atoms. The van der Waals surface area contributed by atoms with E-state index in [0.29, 0.717) is 0 Å². The van der Waals surface area contributed by atoms with Gasteiger partial charge in [0.25, 0.3) is 0 Å². The average molecular weight is 1740 g/mol. The monoisotopic (exact) mass is 1740 g/mol. The molecule has 0 aromatic heterocycles. The topological polar surface area (TPSA) is 114 Å². The van der Waals surface area contributed by atoms with E-state index in [9.17, 15) is 25.9 Å². The molecule has 2 aromatic carbocycles. The molecule has 2 rings (SSSR count). The Bertz CT molecular complexity index is 2310. The molecule has 0 heterocycles. The van der Waals surface area contributed by atoms with Gasteiger partial charge in [0.1, 0.15) is 20.2 Å². The molecule has 6 nitrogen and oxygen atoms in total. The van der Waals surface area contributed by atoms with E-state index in [0.717, 1.165) is 36.8 Å². The predicted octanol–water partition coefficient (Wildman–Crippen LogP) is 39.4. The van der Waals surface area contributed by atoms with Crippen molar-refractivity contribution in [3.8, 4) is 0 Å². The van der Waals surface area contributed by atoms with E-state index in [1.165, 1.54) is 628 Å². The molecular weight excluding hydrogens is 1530 g/mol. The van der Waals surface area contributed by atoms with Crippen molar-refractivity contribution >= 4 is 43.3 Å². The van der Waals surface area contributed by atoms with Gasteiger partial charge in [-0.25, -0.2) is 16.8 Å². The fourth-order valence-corrected chi connectivity index (χ4v) is 19.7. The van der Waals surface area contributed by atoms with Crippen molar-refractivity contribution in [2.75, 3.05) is 0 Å². The third kappa shape index (κ3) is 94.9. The maximum absolute atomic E-state index is 11.0. The van der Waals surface area contributed by atoms with Crippen molar-refractivity contribution in [1.82, 2.24) is 0 Å². The van der Waals surface area contributed by atoms with E-state index in [1.54, 1.807) is 24.3 Å². The second kappa shape index (κ2) is 99.6. The average Bonchev–Trinajstić information content (AvgIpc) is 0.867. The van der Waals surface area contributed by atoms with Crippen LogP contribution in [0.25, 0.3) is 0 Å². The van der Waals surface area contributed by atoms with Crippen LogP contribution in [0.15, 0.2) is 58.3 Å². The van der Waals surface area contributed by atoms with Gasteiger partial charge in [0, 0.05) is 0 Å². The Morgan fingerprint density at radius 2 is 0.231 bits per heavy atom. The van der Waals surface area contributed by atoms with Crippen molar-refractivity contribution in [1.29, 1.82) is 0 Å². The van der Waals surface area contributed by atoms with Gasteiger partial charge in [0.05, 0.1) is 9.79 Å². The molecule has 0 unspecified atom stereocenters. The molecule has 0 aliphatic rings. The van der Waals surface area contributed by atoms with Gasteiger partial charge < -0.3 is 9.11 Å². The SMILES string of the molecule is CCCCCCCCCCCCCCCCCCCCCCCCCCCCCCCCCCCCCCCCCCCCCCCCCCc1ccc(S(=O)(=O)[O-])cc1.CCCCCCCCCCCCCCCCCCCCCCCCCCCCCCCCCCCCCCCCCCCCCCCCCCc1ccc(S(=O)(=O)[O-])cc1.[Mg+2]. The fourth-order valence-electron chi connectivity index (χ4n) is 18.7. The summed E-state index contributed by atoms with van der Waals surface area (Å²) in [5.41, 5.74) is 2.23. The second-order valence-electron chi connectivity index (χ2n) is 38.9. The van der Waals surface area contributed by atoms with E-state index >= 15 is 0 Å². The summed E-state index contributed by atoms with van der Waals surface area (Å²) in [5.74, 6) is 0. The van der Waals surface area contributed by atoms with Crippen molar-refractivity contribution in [2.45, 2.75) is 653 Å². The minimum Gasteiger partial charge on any atom is -0.744 e. The summed E-state index contributed by atoms with van der Waals surface area (Å²) < 4.78 is 66.2. The Kier molecular flexibility index (Phi) is 98.8. The standard InChI is InChI=1S/2C56H106O3S.Mg/c2*1-2-3-4-5-6-7-8-9-10-11-12-13-14-15-16-17-18-19-20-21-22-23-24-25-26-27-28-29-30-31-32-33-34-35-36-37-38-39-40-41-42-43-44-45-46-47-48-49-50-55-51-53-56(54-52-55)60(57,58)59;/h2*51-54H,2-50H2,1H3,(H,57,58,59);/q;;+2/p-2. The summed E-state index contributed by atoms with van der Waals surface area (Å²) in [5, 5.41) is 0. The van der Waals surface area contributed by atoms with Gasteiger partial charge in [-0.2, -0.15) is 0 Å². The Labute approximate surface area is 776 Å². The van der Waals surface area contributed by atoms with Gasteiger partial charge in [-0.1, -0.05) is 642 Å². The van der Waals surface area contributed by atoms with Gasteiger partial charge in [0.15, 0.2) is 0 Å². The van der Waals surface area contributed by atoms with Crippen LogP contribution in [0, 0.1) is 0 Å². The van der Waals surface area contributed by atoms with Crippen LogP contribution in [-0.4, -0.2) is 49.0 Å². The molecule has 0 aliphatic carbocycles. The summed E-state index contributed by atoms with van der Waals surface area (Å²) in [4.78, 5) is -0.261. The van der Waals surface area contributed by atoms with Crippen molar-refractivity contribution in [3.05, 3.63) is 59.7 Å². The van der Waals surface area contributed by atoms with Crippen LogP contribution in [0.4, 0.5) is 0 Å². The first-order valence-corrected chi connectivity index (χ1v) is 58.0. The molecule has 0 saturated heterocycles. The second-order valence-corrected chi connectivity index (χ2v) is 41.7. The number of hydrogen-bond acceptors (Lipinski definition) is 6.